The summed E-state index contributed by atoms with van der Waals surface area (Å²) >= 11 is 6.43. The number of nitrogens with zero attached hydrogens (tertiary/aromatic N) is 2. The van der Waals surface area contributed by atoms with Crippen molar-refractivity contribution in [2.75, 3.05) is 4.90 Å². The standard InChI is InChI=1S/C27H17ClN2O4/c28-23-8-4-5-9-24(23)29-25(18-6-2-1-3-7-18)17-20(27(29)31)16-22-14-15-26(34-22)19-10-12-21(13-11-19)30(32)33/h1-17H. The quantitative estimate of drug-likeness (QED) is 0.180. The monoisotopic (exact) mass is 468 g/mol. The highest BCUT2D eigenvalue weighted by Gasteiger charge is 2.31. The normalized spacial score (nSPS) is 14.5. The number of rotatable bonds is 5. The molecule has 4 aromatic rings. The molecule has 0 unspecified atom stereocenters. The molecule has 0 bridgehead atoms. The Labute approximate surface area is 200 Å². The van der Waals surface area contributed by atoms with Gasteiger partial charge in [-0.05, 0) is 54.1 Å². The third-order valence-electron chi connectivity index (χ3n) is 5.43. The van der Waals surface area contributed by atoms with Crippen LogP contribution in [0.3, 0.4) is 0 Å². The second kappa shape index (κ2) is 8.84. The topological polar surface area (TPSA) is 76.6 Å². The van der Waals surface area contributed by atoms with Gasteiger partial charge in [0, 0.05) is 23.3 Å². The summed E-state index contributed by atoms with van der Waals surface area (Å²) in [5.74, 6) is 0.809. The third-order valence-corrected chi connectivity index (χ3v) is 5.75. The minimum Gasteiger partial charge on any atom is -0.457 e. The van der Waals surface area contributed by atoms with Gasteiger partial charge in [-0.25, -0.2) is 0 Å². The van der Waals surface area contributed by atoms with Crippen molar-refractivity contribution < 1.29 is 14.1 Å². The second-order valence-corrected chi connectivity index (χ2v) is 8.00. The summed E-state index contributed by atoms with van der Waals surface area (Å²) in [5, 5.41) is 11.4. The molecule has 34 heavy (non-hydrogen) atoms. The lowest BCUT2D eigenvalue weighted by atomic mass is 10.1. The first-order valence-electron chi connectivity index (χ1n) is 10.4. The van der Waals surface area contributed by atoms with Gasteiger partial charge in [-0.2, -0.15) is 0 Å². The molecule has 0 saturated heterocycles. The molecule has 0 fully saturated rings. The molecule has 166 valence electrons. The number of benzene rings is 3. The Morgan fingerprint density at radius 1 is 0.853 bits per heavy atom. The molecule has 1 amide bonds. The lowest BCUT2D eigenvalue weighted by molar-refractivity contribution is -0.384. The number of hydrogen-bond acceptors (Lipinski definition) is 4. The summed E-state index contributed by atoms with van der Waals surface area (Å²) in [6.45, 7) is 0. The van der Waals surface area contributed by atoms with E-state index in [0.717, 1.165) is 5.56 Å². The highest BCUT2D eigenvalue weighted by molar-refractivity contribution is 6.35. The van der Waals surface area contributed by atoms with E-state index in [-0.39, 0.29) is 11.6 Å². The van der Waals surface area contributed by atoms with Gasteiger partial charge in [0.2, 0.25) is 0 Å². The van der Waals surface area contributed by atoms with Crippen LogP contribution in [-0.2, 0) is 4.79 Å². The Morgan fingerprint density at radius 2 is 1.56 bits per heavy atom. The fraction of sp³-hybridized carbons (Fsp3) is 0. The molecular formula is C27H17ClN2O4. The second-order valence-electron chi connectivity index (χ2n) is 7.59. The van der Waals surface area contributed by atoms with Crippen LogP contribution in [0, 0.1) is 10.1 Å². The minimum atomic E-state index is -0.450. The average Bonchev–Trinajstić information content (AvgIpc) is 3.45. The van der Waals surface area contributed by atoms with Crippen LogP contribution < -0.4 is 4.90 Å². The number of carbonyl (C=O) groups is 1. The van der Waals surface area contributed by atoms with Gasteiger partial charge in [0.05, 0.1) is 21.3 Å². The Morgan fingerprint density at radius 3 is 2.26 bits per heavy atom. The fourth-order valence-corrected chi connectivity index (χ4v) is 4.02. The van der Waals surface area contributed by atoms with Gasteiger partial charge in [-0.15, -0.1) is 0 Å². The number of amides is 1. The van der Waals surface area contributed by atoms with Gasteiger partial charge < -0.3 is 4.42 Å². The molecule has 5 rings (SSSR count). The zero-order valence-corrected chi connectivity index (χ0v) is 18.5. The van der Waals surface area contributed by atoms with E-state index in [1.807, 2.05) is 48.5 Å². The summed E-state index contributed by atoms with van der Waals surface area (Å²) in [7, 11) is 0. The van der Waals surface area contributed by atoms with E-state index in [2.05, 4.69) is 0 Å². The number of halogens is 1. The van der Waals surface area contributed by atoms with Crippen LogP contribution in [0.4, 0.5) is 11.4 Å². The maximum atomic E-state index is 13.5. The molecule has 3 aromatic carbocycles. The molecule has 0 aliphatic carbocycles. The van der Waals surface area contributed by atoms with E-state index in [1.165, 1.54) is 12.1 Å². The Hall–Kier alpha value is -4.42. The molecule has 1 aliphatic rings. The summed E-state index contributed by atoms with van der Waals surface area (Å²) in [5.41, 5.74) is 3.35. The molecule has 1 aliphatic heterocycles. The molecule has 0 spiro atoms. The van der Waals surface area contributed by atoms with E-state index in [9.17, 15) is 14.9 Å². The molecule has 0 saturated carbocycles. The lowest BCUT2D eigenvalue weighted by Gasteiger charge is -2.21. The minimum absolute atomic E-state index is 0.00689. The first kappa shape index (κ1) is 21.4. The van der Waals surface area contributed by atoms with E-state index in [1.54, 1.807) is 47.4 Å². The molecule has 6 nitrogen and oxygen atoms in total. The number of anilines is 1. The molecule has 0 radical (unpaired) electrons. The summed E-state index contributed by atoms with van der Waals surface area (Å²) in [4.78, 5) is 25.5. The van der Waals surface area contributed by atoms with Crippen LogP contribution in [0.1, 0.15) is 11.3 Å². The Balaban J connectivity index is 1.52. The first-order valence-corrected chi connectivity index (χ1v) is 10.8. The van der Waals surface area contributed by atoms with E-state index in [4.69, 9.17) is 16.0 Å². The predicted molar refractivity (Wildman–Crippen MR) is 132 cm³/mol. The molecule has 0 N–H and O–H groups in total. The van der Waals surface area contributed by atoms with E-state index in [0.29, 0.717) is 39.1 Å². The summed E-state index contributed by atoms with van der Waals surface area (Å²) in [6.07, 6.45) is 3.49. The molecule has 1 aromatic heterocycles. The zero-order valence-electron chi connectivity index (χ0n) is 17.7. The first-order chi connectivity index (χ1) is 16.5. The van der Waals surface area contributed by atoms with Gasteiger partial charge >= 0.3 is 0 Å². The molecule has 0 atom stereocenters. The predicted octanol–water partition coefficient (Wildman–Crippen LogP) is 6.98. The van der Waals surface area contributed by atoms with Crippen molar-refractivity contribution in [1.82, 2.24) is 0 Å². The number of furan rings is 1. The van der Waals surface area contributed by atoms with Crippen molar-refractivity contribution in [3.8, 4) is 11.3 Å². The largest absolute Gasteiger partial charge is 0.457 e. The fourth-order valence-electron chi connectivity index (χ4n) is 3.80. The number of para-hydroxylation sites is 1. The van der Waals surface area contributed by atoms with Crippen molar-refractivity contribution in [3.05, 3.63) is 129 Å². The highest BCUT2D eigenvalue weighted by atomic mass is 35.5. The van der Waals surface area contributed by atoms with Gasteiger partial charge in [-0.3, -0.25) is 19.8 Å². The summed E-state index contributed by atoms with van der Waals surface area (Å²) in [6, 6.07) is 26.4. The number of carbonyl (C=O) groups excluding carboxylic acids is 1. The average molecular weight is 469 g/mol. The van der Waals surface area contributed by atoms with Crippen LogP contribution in [0.5, 0.6) is 0 Å². The molecular weight excluding hydrogens is 452 g/mol. The zero-order chi connectivity index (χ0) is 23.7. The SMILES string of the molecule is O=C1C(=Cc2ccc(-c3ccc([N+](=O)[O-])cc3)o2)C=C(c2ccccc2)N1c1ccccc1Cl. The van der Waals surface area contributed by atoms with Gasteiger partial charge in [0.15, 0.2) is 0 Å². The van der Waals surface area contributed by atoms with Gasteiger partial charge in [0.25, 0.3) is 11.6 Å². The molecule has 7 heteroatoms. The maximum Gasteiger partial charge on any atom is 0.269 e. The maximum absolute atomic E-state index is 13.5. The Bertz CT molecular complexity index is 1450. The van der Waals surface area contributed by atoms with Crippen LogP contribution in [0.25, 0.3) is 23.1 Å². The van der Waals surface area contributed by atoms with Crippen molar-refractivity contribution in [1.29, 1.82) is 0 Å². The van der Waals surface area contributed by atoms with Crippen molar-refractivity contribution in [3.63, 3.8) is 0 Å². The lowest BCUT2D eigenvalue weighted by Crippen LogP contribution is -2.25. The summed E-state index contributed by atoms with van der Waals surface area (Å²) < 4.78 is 5.91. The highest BCUT2D eigenvalue weighted by Crippen LogP contribution is 2.38. The van der Waals surface area contributed by atoms with Crippen LogP contribution in [-0.4, -0.2) is 10.8 Å². The number of nitro groups is 1. The van der Waals surface area contributed by atoms with Crippen LogP contribution in [0.15, 0.2) is 107 Å². The smallest absolute Gasteiger partial charge is 0.269 e. The van der Waals surface area contributed by atoms with E-state index >= 15 is 0 Å². The van der Waals surface area contributed by atoms with Crippen LogP contribution >= 0.6 is 11.6 Å². The van der Waals surface area contributed by atoms with Crippen LogP contribution in [0.2, 0.25) is 5.02 Å². The van der Waals surface area contributed by atoms with Gasteiger partial charge in [0.1, 0.15) is 11.5 Å². The Kier molecular flexibility index (Phi) is 5.57. The van der Waals surface area contributed by atoms with Crippen molar-refractivity contribution in [2.24, 2.45) is 0 Å². The van der Waals surface area contributed by atoms with Crippen molar-refractivity contribution >= 4 is 40.7 Å². The third kappa shape index (κ3) is 4.02. The molecule has 2 heterocycles. The van der Waals surface area contributed by atoms with Gasteiger partial charge in [-0.1, -0.05) is 54.1 Å². The van der Waals surface area contributed by atoms with Crippen molar-refractivity contribution in [2.45, 2.75) is 0 Å². The number of non-ortho nitro benzene ring substituents is 1. The number of nitro benzene ring substituents is 1. The van der Waals surface area contributed by atoms with E-state index < -0.39 is 4.92 Å². The number of hydrogen-bond donors (Lipinski definition) is 0.